The van der Waals surface area contributed by atoms with Crippen molar-refractivity contribution in [2.75, 3.05) is 0 Å². The summed E-state index contributed by atoms with van der Waals surface area (Å²) in [6.07, 6.45) is 0. The van der Waals surface area contributed by atoms with Gasteiger partial charge in [0.25, 0.3) is 5.69 Å². The minimum atomic E-state index is -0.600. The minimum absolute atomic E-state index is 0.215. The third-order valence-corrected chi connectivity index (χ3v) is 2.48. The number of rotatable bonds is 1. The second-order valence-corrected chi connectivity index (χ2v) is 4.71. The first-order valence-electron chi connectivity index (χ1n) is 4.41. The van der Waals surface area contributed by atoms with Crippen molar-refractivity contribution < 1.29 is 10.0 Å². The van der Waals surface area contributed by atoms with Crippen molar-refractivity contribution >= 4 is 17.3 Å². The van der Waals surface area contributed by atoms with Crippen LogP contribution in [0.1, 0.15) is 26.3 Å². The number of nitrogens with zero attached hydrogens (tertiary/aromatic N) is 1. The topological polar surface area (TPSA) is 63.4 Å². The lowest BCUT2D eigenvalue weighted by Gasteiger charge is -2.19. The molecule has 1 aromatic rings. The Morgan fingerprint density at radius 3 is 2.33 bits per heavy atom. The first kappa shape index (κ1) is 11.8. The van der Waals surface area contributed by atoms with E-state index < -0.39 is 4.92 Å². The van der Waals surface area contributed by atoms with Crippen LogP contribution in [0.15, 0.2) is 12.1 Å². The number of phenols is 1. The van der Waals surface area contributed by atoms with E-state index in [1.54, 1.807) is 0 Å². The summed E-state index contributed by atoms with van der Waals surface area (Å²) in [6.45, 7) is 5.71. The lowest BCUT2D eigenvalue weighted by atomic mass is 9.86. The molecule has 0 spiro atoms. The maximum Gasteiger partial charge on any atom is 0.291 e. The zero-order valence-corrected chi connectivity index (χ0v) is 9.50. The van der Waals surface area contributed by atoms with E-state index in [0.29, 0.717) is 5.56 Å². The van der Waals surface area contributed by atoms with Gasteiger partial charge < -0.3 is 5.11 Å². The van der Waals surface area contributed by atoms with Crippen molar-refractivity contribution in [1.29, 1.82) is 0 Å². The number of nitro groups is 1. The van der Waals surface area contributed by atoms with Gasteiger partial charge in [0.05, 0.1) is 4.92 Å². The molecule has 82 valence electrons. The van der Waals surface area contributed by atoms with Gasteiger partial charge in [0.15, 0.2) is 5.02 Å². The van der Waals surface area contributed by atoms with Crippen LogP contribution < -0.4 is 0 Å². The molecule has 1 N–H and O–H groups in total. The van der Waals surface area contributed by atoms with E-state index in [1.807, 2.05) is 20.8 Å². The van der Waals surface area contributed by atoms with E-state index in [9.17, 15) is 15.2 Å². The molecule has 0 fully saturated rings. The summed E-state index contributed by atoms with van der Waals surface area (Å²) in [5.41, 5.74) is 0.144. The Hall–Kier alpha value is -1.29. The van der Waals surface area contributed by atoms with Gasteiger partial charge in [-0.15, -0.1) is 0 Å². The summed E-state index contributed by atoms with van der Waals surface area (Å²) < 4.78 is 0. The Labute approximate surface area is 92.6 Å². The van der Waals surface area contributed by atoms with Crippen molar-refractivity contribution in [2.45, 2.75) is 26.2 Å². The van der Waals surface area contributed by atoms with Gasteiger partial charge in [0.2, 0.25) is 0 Å². The molecule has 0 saturated heterocycles. The van der Waals surface area contributed by atoms with Crippen LogP contribution in [-0.4, -0.2) is 10.0 Å². The molecule has 0 radical (unpaired) electrons. The second kappa shape index (κ2) is 3.70. The molecule has 0 aliphatic carbocycles. The van der Waals surface area contributed by atoms with Gasteiger partial charge in [-0.2, -0.15) is 0 Å². The summed E-state index contributed by atoms with van der Waals surface area (Å²) in [4.78, 5) is 10.1. The zero-order valence-electron chi connectivity index (χ0n) is 8.74. The summed E-state index contributed by atoms with van der Waals surface area (Å²) in [6, 6.07) is 2.84. The highest BCUT2D eigenvalue weighted by molar-refractivity contribution is 6.34. The summed E-state index contributed by atoms with van der Waals surface area (Å²) >= 11 is 5.62. The van der Waals surface area contributed by atoms with Gasteiger partial charge >= 0.3 is 0 Å². The van der Waals surface area contributed by atoms with Crippen molar-refractivity contribution in [3.05, 3.63) is 32.8 Å². The van der Waals surface area contributed by atoms with Crippen LogP contribution in [0.5, 0.6) is 5.75 Å². The van der Waals surface area contributed by atoms with Crippen molar-refractivity contribution in [1.82, 2.24) is 0 Å². The van der Waals surface area contributed by atoms with Crippen LogP contribution in [-0.2, 0) is 5.41 Å². The predicted molar refractivity (Wildman–Crippen MR) is 58.5 cm³/mol. The van der Waals surface area contributed by atoms with Crippen LogP contribution in [0, 0.1) is 10.1 Å². The molecule has 5 heteroatoms. The molecule has 0 heterocycles. The SMILES string of the molecule is CC(C)(C)c1cc(O)c(Cl)c([N+](=O)[O-])c1. The maximum absolute atomic E-state index is 10.7. The van der Waals surface area contributed by atoms with Gasteiger partial charge in [-0.05, 0) is 17.0 Å². The lowest BCUT2D eigenvalue weighted by molar-refractivity contribution is -0.384. The monoisotopic (exact) mass is 229 g/mol. The van der Waals surface area contributed by atoms with E-state index in [0.717, 1.165) is 0 Å². The third kappa shape index (κ3) is 2.39. The minimum Gasteiger partial charge on any atom is -0.506 e. The van der Waals surface area contributed by atoms with Crippen molar-refractivity contribution in [3.63, 3.8) is 0 Å². The van der Waals surface area contributed by atoms with Gasteiger partial charge in [-0.1, -0.05) is 32.4 Å². The van der Waals surface area contributed by atoms with E-state index in [4.69, 9.17) is 11.6 Å². The molecule has 0 unspecified atom stereocenters. The molecule has 15 heavy (non-hydrogen) atoms. The van der Waals surface area contributed by atoms with E-state index >= 15 is 0 Å². The zero-order chi connectivity index (χ0) is 11.8. The Morgan fingerprint density at radius 1 is 1.40 bits per heavy atom. The Morgan fingerprint density at radius 2 is 1.93 bits per heavy atom. The summed E-state index contributed by atoms with van der Waals surface area (Å²) in [5.74, 6) is -0.254. The Bertz CT molecular complexity index is 410. The number of hydrogen-bond acceptors (Lipinski definition) is 3. The molecule has 0 atom stereocenters. The van der Waals surface area contributed by atoms with Gasteiger partial charge in [-0.25, -0.2) is 0 Å². The van der Waals surface area contributed by atoms with E-state index in [2.05, 4.69) is 0 Å². The molecule has 4 nitrogen and oxygen atoms in total. The molecule has 0 bridgehead atoms. The van der Waals surface area contributed by atoms with E-state index in [-0.39, 0.29) is 21.9 Å². The molecule has 0 saturated carbocycles. The van der Waals surface area contributed by atoms with Crippen LogP contribution >= 0.6 is 11.6 Å². The fraction of sp³-hybridized carbons (Fsp3) is 0.400. The average Bonchev–Trinajstić information content (AvgIpc) is 2.06. The highest BCUT2D eigenvalue weighted by Gasteiger charge is 2.23. The number of nitro benzene ring substituents is 1. The fourth-order valence-electron chi connectivity index (χ4n) is 1.16. The number of halogens is 1. The summed E-state index contributed by atoms with van der Waals surface area (Å²) in [5, 5.41) is 19.9. The highest BCUT2D eigenvalue weighted by Crippen LogP contribution is 2.37. The van der Waals surface area contributed by atoms with Crippen molar-refractivity contribution in [2.24, 2.45) is 0 Å². The number of hydrogen-bond donors (Lipinski definition) is 1. The molecule has 0 aliphatic rings. The average molecular weight is 230 g/mol. The molecule has 1 aromatic carbocycles. The van der Waals surface area contributed by atoms with Crippen LogP contribution in [0.3, 0.4) is 0 Å². The molecular weight excluding hydrogens is 218 g/mol. The Balaban J connectivity index is 3.43. The van der Waals surface area contributed by atoms with Crippen LogP contribution in [0.2, 0.25) is 5.02 Å². The fourth-order valence-corrected chi connectivity index (χ4v) is 1.34. The molecule has 0 aliphatic heterocycles. The van der Waals surface area contributed by atoms with Crippen LogP contribution in [0.4, 0.5) is 5.69 Å². The van der Waals surface area contributed by atoms with E-state index in [1.165, 1.54) is 12.1 Å². The number of benzene rings is 1. The molecular formula is C10H12ClNO3. The molecule has 1 rings (SSSR count). The number of aromatic hydroxyl groups is 1. The first-order chi connectivity index (χ1) is 6.73. The van der Waals surface area contributed by atoms with Gasteiger partial charge in [-0.3, -0.25) is 10.1 Å². The highest BCUT2D eigenvalue weighted by atomic mass is 35.5. The second-order valence-electron chi connectivity index (χ2n) is 4.34. The van der Waals surface area contributed by atoms with Gasteiger partial charge in [0, 0.05) is 6.07 Å². The number of phenolic OH excluding ortho intramolecular Hbond substituents is 1. The molecule has 0 amide bonds. The molecule has 0 aromatic heterocycles. The van der Waals surface area contributed by atoms with Crippen molar-refractivity contribution in [3.8, 4) is 5.75 Å². The largest absolute Gasteiger partial charge is 0.506 e. The normalized spacial score (nSPS) is 11.5. The van der Waals surface area contributed by atoms with Gasteiger partial charge in [0.1, 0.15) is 5.75 Å². The smallest absolute Gasteiger partial charge is 0.291 e. The lowest BCUT2D eigenvalue weighted by Crippen LogP contribution is -2.11. The Kier molecular flexibility index (Phi) is 2.90. The predicted octanol–water partition coefficient (Wildman–Crippen LogP) is 3.25. The maximum atomic E-state index is 10.7. The standard InChI is InChI=1S/C10H12ClNO3/c1-10(2,3)6-4-7(12(14)15)9(11)8(13)5-6/h4-5,13H,1-3H3. The third-order valence-electron chi connectivity index (χ3n) is 2.10. The van der Waals surface area contributed by atoms with Crippen LogP contribution in [0.25, 0.3) is 0 Å². The summed E-state index contributed by atoms with van der Waals surface area (Å²) in [7, 11) is 0. The first-order valence-corrected chi connectivity index (χ1v) is 4.78. The quantitative estimate of drug-likeness (QED) is 0.594.